The maximum Gasteiger partial charge on any atom is 0.326 e. The Morgan fingerprint density at radius 2 is 1.95 bits per heavy atom. The molecule has 116 valence electrons. The van der Waals surface area contributed by atoms with E-state index < -0.39 is 33.3 Å². The summed E-state index contributed by atoms with van der Waals surface area (Å²) in [6.07, 6.45) is 0.532. The van der Waals surface area contributed by atoms with Gasteiger partial charge < -0.3 is 15.7 Å². The first kappa shape index (κ1) is 16.7. The Morgan fingerprint density at radius 1 is 1.35 bits per heavy atom. The van der Waals surface area contributed by atoms with Gasteiger partial charge >= 0.3 is 12.0 Å². The number of carbonyl (C=O) groups is 2. The first-order chi connectivity index (χ1) is 9.01. The second-order valence-electron chi connectivity index (χ2n) is 6.26. The number of aliphatic carboxylic acids is 1. The SMILES string of the molecule is CC(C)(C)[C@@H](NC(=O)NCC1CCS(=O)(=O)C1)C(=O)O. The molecule has 0 spiro atoms. The van der Waals surface area contributed by atoms with Crippen molar-refractivity contribution in [2.75, 3.05) is 18.1 Å². The average molecular weight is 306 g/mol. The van der Waals surface area contributed by atoms with Gasteiger partial charge in [0, 0.05) is 6.54 Å². The zero-order valence-corrected chi connectivity index (χ0v) is 12.8. The van der Waals surface area contributed by atoms with Crippen LogP contribution in [0.3, 0.4) is 0 Å². The van der Waals surface area contributed by atoms with Gasteiger partial charge in [-0.3, -0.25) is 0 Å². The van der Waals surface area contributed by atoms with E-state index in [1.54, 1.807) is 20.8 Å². The molecule has 1 unspecified atom stereocenters. The van der Waals surface area contributed by atoms with Crippen molar-refractivity contribution in [1.29, 1.82) is 0 Å². The van der Waals surface area contributed by atoms with Crippen LogP contribution < -0.4 is 10.6 Å². The Hall–Kier alpha value is -1.31. The van der Waals surface area contributed by atoms with Crippen LogP contribution in [0.2, 0.25) is 0 Å². The number of amides is 2. The fourth-order valence-corrected chi connectivity index (χ4v) is 3.96. The van der Waals surface area contributed by atoms with Crippen LogP contribution in [0.25, 0.3) is 0 Å². The Kier molecular flexibility index (Phi) is 5.01. The lowest BCUT2D eigenvalue weighted by Gasteiger charge is -2.27. The summed E-state index contributed by atoms with van der Waals surface area (Å²) in [5.41, 5.74) is -0.611. The number of carboxylic acid groups (broad SMARTS) is 1. The molecule has 0 aliphatic carbocycles. The summed E-state index contributed by atoms with van der Waals surface area (Å²) in [7, 11) is -2.97. The van der Waals surface area contributed by atoms with Gasteiger partial charge in [-0.15, -0.1) is 0 Å². The molecule has 3 N–H and O–H groups in total. The molecule has 0 radical (unpaired) electrons. The third-order valence-electron chi connectivity index (χ3n) is 3.27. The third kappa shape index (κ3) is 4.99. The molecule has 0 bridgehead atoms. The van der Waals surface area contributed by atoms with Gasteiger partial charge in [0.1, 0.15) is 6.04 Å². The average Bonchev–Trinajstić information content (AvgIpc) is 2.61. The van der Waals surface area contributed by atoms with E-state index in [9.17, 15) is 18.0 Å². The summed E-state index contributed by atoms with van der Waals surface area (Å²) >= 11 is 0. The zero-order chi connectivity index (χ0) is 15.6. The Bertz CT molecular complexity index is 481. The maximum atomic E-state index is 11.7. The fourth-order valence-electron chi connectivity index (χ4n) is 2.10. The molecule has 1 rings (SSSR count). The molecule has 1 fully saturated rings. The van der Waals surface area contributed by atoms with Gasteiger partial charge in [-0.1, -0.05) is 20.8 Å². The highest BCUT2D eigenvalue weighted by molar-refractivity contribution is 7.91. The standard InChI is InChI=1S/C12H22N2O5S/c1-12(2,3)9(10(15)16)14-11(17)13-6-8-4-5-20(18,19)7-8/h8-9H,4-7H2,1-3H3,(H,15,16)(H2,13,14,17)/t8?,9-/m0/s1. The summed E-state index contributed by atoms with van der Waals surface area (Å²) in [5.74, 6) is -0.963. The Balaban J connectivity index is 2.46. The van der Waals surface area contributed by atoms with E-state index in [1.807, 2.05) is 0 Å². The number of hydrogen-bond acceptors (Lipinski definition) is 4. The lowest BCUT2D eigenvalue weighted by atomic mass is 9.87. The predicted molar refractivity (Wildman–Crippen MR) is 74.2 cm³/mol. The molecule has 0 saturated carbocycles. The molecule has 0 aromatic heterocycles. The topological polar surface area (TPSA) is 113 Å². The fraction of sp³-hybridized carbons (Fsp3) is 0.833. The number of sulfone groups is 1. The normalized spacial score (nSPS) is 23.1. The minimum Gasteiger partial charge on any atom is -0.480 e. The monoisotopic (exact) mass is 306 g/mol. The molecule has 1 heterocycles. The molecule has 1 saturated heterocycles. The highest BCUT2D eigenvalue weighted by Crippen LogP contribution is 2.19. The van der Waals surface area contributed by atoms with Crippen molar-refractivity contribution in [2.24, 2.45) is 11.3 Å². The number of carboxylic acids is 1. The van der Waals surface area contributed by atoms with Crippen molar-refractivity contribution in [2.45, 2.75) is 33.2 Å². The summed E-state index contributed by atoms with van der Waals surface area (Å²) in [5, 5.41) is 14.0. The van der Waals surface area contributed by atoms with Crippen molar-refractivity contribution >= 4 is 21.8 Å². The molecule has 8 heteroatoms. The van der Waals surface area contributed by atoms with Gasteiger partial charge in [0.2, 0.25) is 0 Å². The van der Waals surface area contributed by atoms with Gasteiger partial charge in [-0.2, -0.15) is 0 Å². The lowest BCUT2D eigenvalue weighted by molar-refractivity contribution is -0.141. The second-order valence-corrected chi connectivity index (χ2v) is 8.49. The molecule has 2 atom stereocenters. The summed E-state index contributed by atoms with van der Waals surface area (Å²) < 4.78 is 22.6. The van der Waals surface area contributed by atoms with Gasteiger partial charge in [-0.25, -0.2) is 18.0 Å². The molecule has 0 aromatic carbocycles. The van der Waals surface area contributed by atoms with Crippen molar-refractivity contribution < 1.29 is 23.1 Å². The number of carbonyl (C=O) groups excluding carboxylic acids is 1. The van der Waals surface area contributed by atoms with Crippen LogP contribution in [-0.4, -0.2) is 49.6 Å². The van der Waals surface area contributed by atoms with Crippen LogP contribution in [0.15, 0.2) is 0 Å². The third-order valence-corrected chi connectivity index (χ3v) is 5.10. The van der Waals surface area contributed by atoms with Crippen LogP contribution in [0, 0.1) is 11.3 Å². The molecule has 1 aliphatic rings. The molecule has 2 amide bonds. The first-order valence-corrected chi connectivity index (χ1v) is 8.31. The first-order valence-electron chi connectivity index (χ1n) is 6.49. The highest BCUT2D eigenvalue weighted by atomic mass is 32.2. The van der Waals surface area contributed by atoms with Crippen molar-refractivity contribution in [3.63, 3.8) is 0 Å². The van der Waals surface area contributed by atoms with E-state index >= 15 is 0 Å². The summed E-state index contributed by atoms with van der Waals surface area (Å²) in [6, 6.07) is -1.59. The minimum absolute atomic E-state index is 0.0783. The Labute approximate surface area is 119 Å². The smallest absolute Gasteiger partial charge is 0.326 e. The largest absolute Gasteiger partial charge is 0.480 e. The second kappa shape index (κ2) is 5.99. The number of urea groups is 1. The van der Waals surface area contributed by atoms with E-state index in [0.717, 1.165) is 0 Å². The maximum absolute atomic E-state index is 11.7. The summed E-state index contributed by atoms with van der Waals surface area (Å²) in [4.78, 5) is 22.8. The van der Waals surface area contributed by atoms with E-state index in [2.05, 4.69) is 10.6 Å². The van der Waals surface area contributed by atoms with Crippen molar-refractivity contribution in [3.05, 3.63) is 0 Å². The molecular formula is C12H22N2O5S. The quantitative estimate of drug-likeness (QED) is 0.687. The van der Waals surface area contributed by atoms with Crippen LogP contribution >= 0.6 is 0 Å². The van der Waals surface area contributed by atoms with Crippen LogP contribution in [0.4, 0.5) is 4.79 Å². The van der Waals surface area contributed by atoms with Crippen molar-refractivity contribution in [3.8, 4) is 0 Å². The molecule has 1 aliphatic heterocycles. The van der Waals surface area contributed by atoms with E-state index in [4.69, 9.17) is 5.11 Å². The molecule has 7 nitrogen and oxygen atoms in total. The molecule has 0 aromatic rings. The van der Waals surface area contributed by atoms with Crippen LogP contribution in [0.1, 0.15) is 27.2 Å². The van der Waals surface area contributed by atoms with Gasteiger partial charge in [-0.05, 0) is 17.8 Å². The Morgan fingerprint density at radius 3 is 2.35 bits per heavy atom. The van der Waals surface area contributed by atoms with Gasteiger partial charge in [0.25, 0.3) is 0 Å². The number of hydrogen-bond donors (Lipinski definition) is 3. The zero-order valence-electron chi connectivity index (χ0n) is 12.0. The van der Waals surface area contributed by atoms with Crippen LogP contribution in [-0.2, 0) is 14.6 Å². The van der Waals surface area contributed by atoms with E-state index in [-0.39, 0.29) is 24.0 Å². The molecule has 20 heavy (non-hydrogen) atoms. The van der Waals surface area contributed by atoms with Crippen LogP contribution in [0.5, 0.6) is 0 Å². The predicted octanol–water partition coefficient (Wildman–Crippen LogP) is 0.220. The minimum atomic E-state index is -2.97. The van der Waals surface area contributed by atoms with E-state index in [0.29, 0.717) is 6.42 Å². The lowest BCUT2D eigenvalue weighted by Crippen LogP contribution is -2.52. The van der Waals surface area contributed by atoms with Gasteiger partial charge in [0.15, 0.2) is 9.84 Å². The van der Waals surface area contributed by atoms with Crippen molar-refractivity contribution in [1.82, 2.24) is 10.6 Å². The van der Waals surface area contributed by atoms with Gasteiger partial charge in [0.05, 0.1) is 11.5 Å². The van der Waals surface area contributed by atoms with E-state index in [1.165, 1.54) is 0 Å². The number of rotatable bonds is 4. The number of nitrogens with one attached hydrogen (secondary N) is 2. The highest BCUT2D eigenvalue weighted by Gasteiger charge is 2.33. The molecular weight excluding hydrogens is 284 g/mol. The summed E-state index contributed by atoms with van der Waals surface area (Å²) in [6.45, 7) is 5.39.